The van der Waals surface area contributed by atoms with Gasteiger partial charge in [-0.25, -0.2) is 8.78 Å². The molecule has 1 aromatic heterocycles. The minimum atomic E-state index is -0.616. The Balaban J connectivity index is 2.18. The van der Waals surface area contributed by atoms with E-state index in [1.807, 2.05) is 13.8 Å². The molecule has 0 saturated carbocycles. The third kappa shape index (κ3) is 3.08. The quantitative estimate of drug-likeness (QED) is 0.927. The Bertz CT molecular complexity index is 540. The van der Waals surface area contributed by atoms with Crippen molar-refractivity contribution >= 4 is 11.3 Å². The van der Waals surface area contributed by atoms with Crippen LogP contribution in [0.4, 0.5) is 8.78 Å². The summed E-state index contributed by atoms with van der Waals surface area (Å²) in [6.45, 7) is 4.65. The monoisotopic (exact) mass is 269 g/mol. The average molecular weight is 269 g/mol. The van der Waals surface area contributed by atoms with Crippen LogP contribution in [0.5, 0.6) is 0 Å². The Morgan fingerprint density at radius 1 is 1.28 bits per heavy atom. The number of nitrogens with one attached hydrogen (secondary N) is 1. The Morgan fingerprint density at radius 3 is 2.72 bits per heavy atom. The van der Waals surface area contributed by atoms with E-state index in [1.54, 1.807) is 0 Å². The van der Waals surface area contributed by atoms with E-state index in [4.69, 9.17) is 0 Å². The molecule has 0 atom stereocenters. The molecule has 0 aliphatic heterocycles. The molecular weight excluding hydrogens is 256 g/mol. The van der Waals surface area contributed by atoms with Crippen molar-refractivity contribution in [1.82, 2.24) is 15.5 Å². The van der Waals surface area contributed by atoms with Gasteiger partial charge < -0.3 is 5.32 Å². The fourth-order valence-electron chi connectivity index (χ4n) is 1.39. The maximum atomic E-state index is 13.5. The van der Waals surface area contributed by atoms with E-state index in [9.17, 15) is 8.78 Å². The summed E-state index contributed by atoms with van der Waals surface area (Å²) in [7, 11) is 0. The summed E-state index contributed by atoms with van der Waals surface area (Å²) < 4.78 is 26.3. The molecule has 2 rings (SSSR count). The predicted molar refractivity (Wildman–Crippen MR) is 67.2 cm³/mol. The molecule has 0 radical (unpaired) electrons. The maximum Gasteiger partial charge on any atom is 0.150 e. The molecular formula is C12H13F2N3S. The summed E-state index contributed by atoms with van der Waals surface area (Å²) in [5, 5.41) is 12.3. The number of halogens is 2. The fourth-order valence-corrected chi connectivity index (χ4v) is 2.21. The van der Waals surface area contributed by atoms with Crippen molar-refractivity contribution in [2.24, 2.45) is 0 Å². The number of benzene rings is 1. The van der Waals surface area contributed by atoms with Crippen molar-refractivity contribution in [3.05, 3.63) is 34.8 Å². The summed E-state index contributed by atoms with van der Waals surface area (Å²) in [5.74, 6) is -1.21. The van der Waals surface area contributed by atoms with Crippen molar-refractivity contribution < 1.29 is 8.78 Å². The van der Waals surface area contributed by atoms with Crippen molar-refractivity contribution in [1.29, 1.82) is 0 Å². The second-order valence-electron chi connectivity index (χ2n) is 4.16. The number of nitrogens with zero attached hydrogens (tertiary/aromatic N) is 2. The van der Waals surface area contributed by atoms with Crippen LogP contribution in [-0.2, 0) is 6.54 Å². The van der Waals surface area contributed by atoms with Crippen LogP contribution in [0, 0.1) is 11.6 Å². The molecule has 0 amide bonds. The minimum absolute atomic E-state index is 0.282. The summed E-state index contributed by atoms with van der Waals surface area (Å²) in [6.07, 6.45) is 0. The lowest BCUT2D eigenvalue weighted by Crippen LogP contribution is -2.21. The molecule has 0 saturated heterocycles. The van der Waals surface area contributed by atoms with Gasteiger partial charge in [0.15, 0.2) is 5.01 Å². The van der Waals surface area contributed by atoms with Crippen LogP contribution in [0.15, 0.2) is 18.2 Å². The molecule has 18 heavy (non-hydrogen) atoms. The molecule has 0 spiro atoms. The summed E-state index contributed by atoms with van der Waals surface area (Å²) in [5.41, 5.74) is 0.282. The molecule has 6 heteroatoms. The lowest BCUT2D eigenvalue weighted by atomic mass is 10.2. The molecule has 1 aromatic carbocycles. The van der Waals surface area contributed by atoms with Crippen molar-refractivity contribution in [2.45, 2.75) is 26.4 Å². The summed E-state index contributed by atoms with van der Waals surface area (Å²) in [4.78, 5) is 0. The number of hydrogen-bond acceptors (Lipinski definition) is 4. The van der Waals surface area contributed by atoms with E-state index in [0.717, 1.165) is 11.1 Å². The Kier molecular flexibility index (Phi) is 3.98. The van der Waals surface area contributed by atoms with E-state index in [2.05, 4.69) is 15.5 Å². The first-order chi connectivity index (χ1) is 8.56. The van der Waals surface area contributed by atoms with Crippen LogP contribution in [0.1, 0.15) is 18.9 Å². The van der Waals surface area contributed by atoms with Gasteiger partial charge in [0.05, 0.1) is 0 Å². The zero-order chi connectivity index (χ0) is 13.1. The molecule has 0 bridgehead atoms. The summed E-state index contributed by atoms with van der Waals surface area (Å²) in [6, 6.07) is 3.79. The van der Waals surface area contributed by atoms with E-state index < -0.39 is 11.6 Å². The first kappa shape index (κ1) is 13.0. The molecule has 0 aliphatic carbocycles. The fraction of sp³-hybridized carbons (Fsp3) is 0.333. The van der Waals surface area contributed by atoms with Gasteiger partial charge in [-0.05, 0) is 12.1 Å². The van der Waals surface area contributed by atoms with Gasteiger partial charge in [-0.3, -0.25) is 0 Å². The lowest BCUT2D eigenvalue weighted by Gasteiger charge is -2.03. The van der Waals surface area contributed by atoms with Crippen LogP contribution in [-0.4, -0.2) is 16.2 Å². The third-order valence-corrected chi connectivity index (χ3v) is 3.25. The predicted octanol–water partition coefficient (Wildman–Crippen LogP) is 2.98. The van der Waals surface area contributed by atoms with E-state index in [1.165, 1.54) is 23.5 Å². The first-order valence-electron chi connectivity index (χ1n) is 5.57. The van der Waals surface area contributed by atoms with Crippen LogP contribution < -0.4 is 5.32 Å². The Hall–Kier alpha value is -1.40. The Labute approximate surface area is 108 Å². The van der Waals surface area contributed by atoms with Crippen LogP contribution >= 0.6 is 11.3 Å². The normalized spacial score (nSPS) is 11.2. The number of hydrogen-bond donors (Lipinski definition) is 1. The molecule has 0 unspecified atom stereocenters. The highest BCUT2D eigenvalue weighted by molar-refractivity contribution is 7.14. The van der Waals surface area contributed by atoms with Gasteiger partial charge in [0, 0.05) is 24.2 Å². The molecule has 3 nitrogen and oxygen atoms in total. The SMILES string of the molecule is CC(C)NCc1nnc(-c2ccc(F)cc2F)s1. The number of aromatic nitrogens is 2. The van der Waals surface area contributed by atoms with Gasteiger partial charge in [0.25, 0.3) is 0 Å². The highest BCUT2D eigenvalue weighted by Crippen LogP contribution is 2.26. The lowest BCUT2D eigenvalue weighted by molar-refractivity contribution is 0.584. The molecule has 96 valence electrons. The zero-order valence-corrected chi connectivity index (χ0v) is 10.9. The zero-order valence-electron chi connectivity index (χ0n) is 10.1. The standard InChI is InChI=1S/C12H13F2N3S/c1-7(2)15-6-11-16-17-12(18-11)9-4-3-8(13)5-10(9)14/h3-5,7,15H,6H2,1-2H3. The number of rotatable bonds is 4. The second kappa shape index (κ2) is 5.49. The second-order valence-corrected chi connectivity index (χ2v) is 5.22. The molecule has 0 fully saturated rings. The molecule has 2 aromatic rings. The highest BCUT2D eigenvalue weighted by Gasteiger charge is 2.12. The third-order valence-electron chi connectivity index (χ3n) is 2.29. The average Bonchev–Trinajstić information content (AvgIpc) is 2.75. The highest BCUT2D eigenvalue weighted by atomic mass is 32.1. The molecule has 1 N–H and O–H groups in total. The topological polar surface area (TPSA) is 37.8 Å². The van der Waals surface area contributed by atoms with Gasteiger partial charge in [0.1, 0.15) is 16.6 Å². The summed E-state index contributed by atoms with van der Waals surface area (Å²) >= 11 is 1.30. The van der Waals surface area contributed by atoms with Gasteiger partial charge in [-0.2, -0.15) is 0 Å². The van der Waals surface area contributed by atoms with Crippen molar-refractivity contribution in [3.8, 4) is 10.6 Å². The van der Waals surface area contributed by atoms with Crippen LogP contribution in [0.2, 0.25) is 0 Å². The van der Waals surface area contributed by atoms with Gasteiger partial charge >= 0.3 is 0 Å². The van der Waals surface area contributed by atoms with E-state index in [0.29, 0.717) is 17.6 Å². The van der Waals surface area contributed by atoms with Crippen LogP contribution in [0.25, 0.3) is 10.6 Å². The Morgan fingerprint density at radius 2 is 2.06 bits per heavy atom. The van der Waals surface area contributed by atoms with E-state index in [-0.39, 0.29) is 5.56 Å². The van der Waals surface area contributed by atoms with Gasteiger partial charge in [-0.15, -0.1) is 10.2 Å². The smallest absolute Gasteiger partial charge is 0.150 e. The largest absolute Gasteiger partial charge is 0.308 e. The molecule has 0 aliphatic rings. The maximum absolute atomic E-state index is 13.5. The first-order valence-corrected chi connectivity index (χ1v) is 6.39. The van der Waals surface area contributed by atoms with Gasteiger partial charge in [-0.1, -0.05) is 25.2 Å². The molecule has 1 heterocycles. The van der Waals surface area contributed by atoms with Crippen molar-refractivity contribution in [3.63, 3.8) is 0 Å². The van der Waals surface area contributed by atoms with Crippen molar-refractivity contribution in [2.75, 3.05) is 0 Å². The van der Waals surface area contributed by atoms with Crippen LogP contribution in [0.3, 0.4) is 0 Å². The van der Waals surface area contributed by atoms with Gasteiger partial charge in [0.2, 0.25) is 0 Å². The van der Waals surface area contributed by atoms with E-state index >= 15 is 0 Å². The minimum Gasteiger partial charge on any atom is -0.308 e.